The Kier molecular flexibility index (Phi) is 2.20. The van der Waals surface area contributed by atoms with Gasteiger partial charge in [0.1, 0.15) is 6.33 Å². The summed E-state index contributed by atoms with van der Waals surface area (Å²) in [4.78, 5) is 7.77. The van der Waals surface area contributed by atoms with Gasteiger partial charge in [-0.05, 0) is 13.8 Å². The van der Waals surface area contributed by atoms with Gasteiger partial charge in [-0.15, -0.1) is 0 Å². The van der Waals surface area contributed by atoms with Crippen LogP contribution in [0.3, 0.4) is 0 Å². The van der Waals surface area contributed by atoms with Crippen LogP contribution in [0.1, 0.15) is 12.5 Å². The molecule has 0 aliphatic carbocycles. The highest BCUT2D eigenvalue weighted by Gasteiger charge is 1.96. The molecular formula is C7H10N2O. The van der Waals surface area contributed by atoms with Crippen LogP contribution in [0.4, 0.5) is 0 Å². The van der Waals surface area contributed by atoms with Crippen molar-refractivity contribution in [1.29, 1.82) is 0 Å². The van der Waals surface area contributed by atoms with Gasteiger partial charge in [-0.1, -0.05) is 0 Å². The molecule has 0 spiro atoms. The topological polar surface area (TPSA) is 35.0 Å². The first-order valence-electron chi connectivity index (χ1n) is 3.24. The molecule has 1 heterocycles. The standard InChI is InChI=1S/C7H10N2O/c1-3-10-7-6(2)4-8-5-9-7/h4-5H,3H2,1-2H3. The molecule has 3 heteroatoms. The molecule has 0 N–H and O–H groups in total. The largest absolute Gasteiger partial charge is 0.478 e. The van der Waals surface area contributed by atoms with E-state index >= 15 is 0 Å². The molecule has 0 saturated carbocycles. The number of ether oxygens (including phenoxy) is 1. The second-order valence-electron chi connectivity index (χ2n) is 1.94. The third-order valence-electron chi connectivity index (χ3n) is 1.13. The third kappa shape index (κ3) is 1.43. The number of rotatable bonds is 2. The van der Waals surface area contributed by atoms with E-state index in [9.17, 15) is 0 Å². The second kappa shape index (κ2) is 3.15. The van der Waals surface area contributed by atoms with E-state index in [1.165, 1.54) is 6.33 Å². The van der Waals surface area contributed by atoms with Gasteiger partial charge in [-0.2, -0.15) is 0 Å². The Morgan fingerprint density at radius 1 is 1.60 bits per heavy atom. The summed E-state index contributed by atoms with van der Waals surface area (Å²) >= 11 is 0. The molecule has 0 aliphatic heterocycles. The lowest BCUT2D eigenvalue weighted by molar-refractivity contribution is 0.323. The van der Waals surface area contributed by atoms with E-state index in [-0.39, 0.29) is 0 Å². The van der Waals surface area contributed by atoms with Crippen LogP contribution in [-0.4, -0.2) is 16.6 Å². The van der Waals surface area contributed by atoms with E-state index in [1.807, 2.05) is 13.8 Å². The smallest absolute Gasteiger partial charge is 0.219 e. The van der Waals surface area contributed by atoms with Crippen molar-refractivity contribution >= 4 is 0 Å². The van der Waals surface area contributed by atoms with Crippen LogP contribution in [0, 0.1) is 6.92 Å². The highest BCUT2D eigenvalue weighted by atomic mass is 16.5. The van der Waals surface area contributed by atoms with Crippen LogP contribution in [0.2, 0.25) is 0 Å². The first-order valence-corrected chi connectivity index (χ1v) is 3.24. The van der Waals surface area contributed by atoms with Crippen LogP contribution >= 0.6 is 0 Å². The first-order chi connectivity index (χ1) is 4.84. The normalized spacial score (nSPS) is 9.40. The van der Waals surface area contributed by atoms with Gasteiger partial charge >= 0.3 is 0 Å². The Bertz CT molecular complexity index is 213. The monoisotopic (exact) mass is 138 g/mol. The summed E-state index contributed by atoms with van der Waals surface area (Å²) in [5.41, 5.74) is 0.976. The average molecular weight is 138 g/mol. The minimum absolute atomic E-state index is 0.651. The molecule has 54 valence electrons. The van der Waals surface area contributed by atoms with Gasteiger partial charge in [0.05, 0.1) is 6.61 Å². The van der Waals surface area contributed by atoms with Crippen molar-refractivity contribution in [3.05, 3.63) is 18.1 Å². The average Bonchev–Trinajstić information content (AvgIpc) is 1.94. The van der Waals surface area contributed by atoms with Crippen molar-refractivity contribution in [2.24, 2.45) is 0 Å². The van der Waals surface area contributed by atoms with Gasteiger partial charge in [0.15, 0.2) is 0 Å². The van der Waals surface area contributed by atoms with E-state index in [1.54, 1.807) is 6.20 Å². The summed E-state index contributed by atoms with van der Waals surface area (Å²) < 4.78 is 5.19. The van der Waals surface area contributed by atoms with Crippen molar-refractivity contribution in [3.8, 4) is 5.88 Å². The molecule has 0 unspecified atom stereocenters. The van der Waals surface area contributed by atoms with Crippen molar-refractivity contribution in [1.82, 2.24) is 9.97 Å². The van der Waals surface area contributed by atoms with E-state index in [0.717, 1.165) is 5.56 Å². The van der Waals surface area contributed by atoms with Gasteiger partial charge in [0.2, 0.25) is 5.88 Å². The minimum Gasteiger partial charge on any atom is -0.478 e. The van der Waals surface area contributed by atoms with Crippen LogP contribution in [-0.2, 0) is 0 Å². The number of hydrogen-bond acceptors (Lipinski definition) is 3. The fourth-order valence-electron chi connectivity index (χ4n) is 0.676. The summed E-state index contributed by atoms with van der Waals surface area (Å²) in [6.07, 6.45) is 3.22. The summed E-state index contributed by atoms with van der Waals surface area (Å²) in [5, 5.41) is 0. The molecule has 0 bridgehead atoms. The van der Waals surface area contributed by atoms with E-state index < -0.39 is 0 Å². The molecule has 0 aliphatic rings. The molecule has 0 amide bonds. The minimum atomic E-state index is 0.651. The first kappa shape index (κ1) is 6.99. The number of nitrogens with zero attached hydrogens (tertiary/aromatic N) is 2. The number of aryl methyl sites for hydroxylation is 1. The lowest BCUT2D eigenvalue weighted by Crippen LogP contribution is -1.96. The van der Waals surface area contributed by atoms with E-state index in [4.69, 9.17) is 4.74 Å². The summed E-state index contributed by atoms with van der Waals surface area (Å²) in [5.74, 6) is 0.678. The van der Waals surface area contributed by atoms with Gasteiger partial charge in [-0.3, -0.25) is 0 Å². The fourth-order valence-corrected chi connectivity index (χ4v) is 0.676. The molecule has 0 atom stereocenters. The molecule has 0 fully saturated rings. The van der Waals surface area contributed by atoms with Crippen LogP contribution < -0.4 is 4.74 Å². The predicted molar refractivity (Wildman–Crippen MR) is 37.9 cm³/mol. The Balaban J connectivity index is 2.81. The quantitative estimate of drug-likeness (QED) is 0.615. The molecule has 3 nitrogen and oxygen atoms in total. The predicted octanol–water partition coefficient (Wildman–Crippen LogP) is 1.18. The molecule has 1 rings (SSSR count). The maximum Gasteiger partial charge on any atom is 0.219 e. The second-order valence-corrected chi connectivity index (χ2v) is 1.94. The molecule has 0 saturated heterocycles. The number of aromatic nitrogens is 2. The Hall–Kier alpha value is -1.12. The van der Waals surface area contributed by atoms with Crippen LogP contribution in [0.15, 0.2) is 12.5 Å². The zero-order valence-electron chi connectivity index (χ0n) is 6.16. The molecule has 10 heavy (non-hydrogen) atoms. The molecular weight excluding hydrogens is 128 g/mol. The summed E-state index contributed by atoms with van der Waals surface area (Å²) in [6, 6.07) is 0. The number of hydrogen-bond donors (Lipinski definition) is 0. The van der Waals surface area contributed by atoms with Crippen LogP contribution in [0.5, 0.6) is 5.88 Å². The van der Waals surface area contributed by atoms with Gasteiger partial charge < -0.3 is 4.74 Å². The van der Waals surface area contributed by atoms with Crippen molar-refractivity contribution in [3.63, 3.8) is 0 Å². The lowest BCUT2D eigenvalue weighted by atomic mass is 10.4. The lowest BCUT2D eigenvalue weighted by Gasteiger charge is -2.02. The van der Waals surface area contributed by atoms with Crippen molar-refractivity contribution in [2.45, 2.75) is 13.8 Å². The maximum absolute atomic E-state index is 5.19. The summed E-state index contributed by atoms with van der Waals surface area (Å²) in [7, 11) is 0. The van der Waals surface area contributed by atoms with Crippen LogP contribution in [0.25, 0.3) is 0 Å². The molecule has 0 radical (unpaired) electrons. The van der Waals surface area contributed by atoms with Crippen molar-refractivity contribution in [2.75, 3.05) is 6.61 Å². The van der Waals surface area contributed by atoms with Gasteiger partial charge in [0, 0.05) is 11.8 Å². The Morgan fingerprint density at radius 3 is 3.00 bits per heavy atom. The Labute approximate surface area is 60.1 Å². The molecule has 1 aromatic heterocycles. The van der Waals surface area contributed by atoms with Gasteiger partial charge in [0.25, 0.3) is 0 Å². The Morgan fingerprint density at radius 2 is 2.40 bits per heavy atom. The maximum atomic E-state index is 5.19. The summed E-state index contributed by atoms with van der Waals surface area (Å²) in [6.45, 7) is 4.50. The zero-order valence-corrected chi connectivity index (χ0v) is 6.16. The SMILES string of the molecule is CCOc1ncncc1C. The fraction of sp³-hybridized carbons (Fsp3) is 0.429. The van der Waals surface area contributed by atoms with E-state index in [2.05, 4.69) is 9.97 Å². The van der Waals surface area contributed by atoms with Crippen molar-refractivity contribution < 1.29 is 4.74 Å². The third-order valence-corrected chi connectivity index (χ3v) is 1.13. The van der Waals surface area contributed by atoms with E-state index in [0.29, 0.717) is 12.5 Å². The molecule has 0 aromatic carbocycles. The molecule has 1 aromatic rings. The zero-order chi connectivity index (χ0) is 7.40. The highest BCUT2D eigenvalue weighted by molar-refractivity contribution is 5.19. The highest BCUT2D eigenvalue weighted by Crippen LogP contribution is 2.09. The van der Waals surface area contributed by atoms with Gasteiger partial charge in [-0.25, -0.2) is 9.97 Å².